The third-order valence-electron chi connectivity index (χ3n) is 15.7. The molecule has 0 spiro atoms. The molecular formula is C60H96N2O4S2Se. The molecule has 6 rings (SSSR count). The molecule has 2 aliphatic rings. The quantitative estimate of drug-likeness (QED) is 0.0329. The van der Waals surface area contributed by atoms with Gasteiger partial charge in [0.15, 0.2) is 0 Å². The molecule has 5 heterocycles. The summed E-state index contributed by atoms with van der Waals surface area (Å²) in [5, 5.41) is 4.37. The van der Waals surface area contributed by atoms with E-state index in [1.165, 1.54) is 231 Å². The van der Waals surface area contributed by atoms with Crippen LogP contribution in [0.1, 0.15) is 259 Å². The van der Waals surface area contributed by atoms with Gasteiger partial charge < -0.3 is 0 Å². The number of aromatic nitrogens is 2. The third-order valence-corrected chi connectivity index (χ3v) is 18.7. The number of thiophene rings is 2. The van der Waals surface area contributed by atoms with Crippen molar-refractivity contribution in [2.45, 2.75) is 259 Å². The number of fused-ring (bicyclic) bond motifs is 3. The molecule has 0 unspecified atom stereocenters. The maximum atomic E-state index is 7.01. The van der Waals surface area contributed by atoms with Crippen molar-refractivity contribution in [1.29, 1.82) is 0 Å². The molecule has 69 heavy (non-hydrogen) atoms. The van der Waals surface area contributed by atoms with Crippen LogP contribution in [0, 0.1) is 10.8 Å². The monoisotopic (exact) mass is 1050 g/mol. The van der Waals surface area contributed by atoms with Gasteiger partial charge in [-0.25, -0.2) is 0 Å². The first kappa shape index (κ1) is 56.2. The topological polar surface area (TPSA) is 62.7 Å². The normalized spacial score (nSPS) is 15.2. The molecule has 3 aromatic heterocycles. The molecule has 4 aromatic rings. The molecule has 388 valence electrons. The fraction of sp³-hybridized carbons (Fsp3) is 0.767. The van der Waals surface area contributed by atoms with Gasteiger partial charge in [-0.05, 0) is 0 Å². The molecule has 0 fully saturated rings. The van der Waals surface area contributed by atoms with E-state index in [4.69, 9.17) is 26.9 Å². The van der Waals surface area contributed by atoms with E-state index in [1.807, 2.05) is 0 Å². The number of hydrogen-bond acceptors (Lipinski definition) is 8. The molecule has 0 bridgehead atoms. The van der Waals surface area contributed by atoms with Crippen molar-refractivity contribution in [1.82, 2.24) is 7.96 Å². The van der Waals surface area contributed by atoms with Crippen molar-refractivity contribution in [3.05, 3.63) is 22.9 Å². The minimum atomic E-state index is -0.202. The van der Waals surface area contributed by atoms with Crippen LogP contribution in [0.15, 0.2) is 22.9 Å². The molecule has 0 aliphatic carbocycles. The van der Waals surface area contributed by atoms with E-state index in [9.17, 15) is 0 Å². The summed E-state index contributed by atoms with van der Waals surface area (Å²) in [4.78, 5) is 2.24. The van der Waals surface area contributed by atoms with Gasteiger partial charge in [-0.2, -0.15) is 0 Å². The second-order valence-corrected chi connectivity index (χ2v) is 24.6. The van der Waals surface area contributed by atoms with Crippen molar-refractivity contribution < 1.29 is 18.9 Å². The van der Waals surface area contributed by atoms with Gasteiger partial charge in [-0.1, -0.05) is 156 Å². The predicted molar refractivity (Wildman–Crippen MR) is 299 cm³/mol. The zero-order valence-electron chi connectivity index (χ0n) is 44.3. The molecule has 1 aromatic carbocycles. The van der Waals surface area contributed by atoms with Crippen LogP contribution in [-0.2, 0) is 0 Å². The summed E-state index contributed by atoms with van der Waals surface area (Å²) in [5.74, 6) is 3.62. The standard InChI is InChI=1S/C60H96N2O4S2Se/c1-5-9-13-17-21-25-29-33-39-59(40-34-30-26-22-18-14-10-6-2)45-63-51-43-67-57(55(51)65-47-59)49-37-38-50(54-53(49)61-69-62-54)58-56-52(44-68-58)64-46-60(48-66-56,41-35-31-27-23-19-15-11-7-3)42-36-32-28-24-20-16-12-8-4/h37-38,43-44H,5-36,39-42,45-48H2,1-4H3. The fourth-order valence-electron chi connectivity index (χ4n) is 11.1. The van der Waals surface area contributed by atoms with Crippen molar-refractivity contribution in [2.75, 3.05) is 26.4 Å². The molecule has 0 amide bonds. The van der Waals surface area contributed by atoms with Gasteiger partial charge >= 0.3 is 282 Å². The van der Waals surface area contributed by atoms with Gasteiger partial charge in [0.1, 0.15) is 0 Å². The van der Waals surface area contributed by atoms with Crippen molar-refractivity contribution in [3.8, 4) is 43.9 Å². The van der Waals surface area contributed by atoms with Crippen LogP contribution in [0.4, 0.5) is 0 Å². The van der Waals surface area contributed by atoms with Crippen molar-refractivity contribution >= 4 is 48.7 Å². The van der Waals surface area contributed by atoms with Gasteiger partial charge in [0, 0.05) is 0 Å². The van der Waals surface area contributed by atoms with Gasteiger partial charge in [-0.15, -0.1) is 0 Å². The molecule has 0 saturated carbocycles. The number of hydrogen-bond donors (Lipinski definition) is 0. The summed E-state index contributed by atoms with van der Waals surface area (Å²) in [6.07, 6.45) is 47.7. The Bertz CT molecular complexity index is 1790. The maximum absolute atomic E-state index is 7.01. The Hall–Kier alpha value is -2.06. The predicted octanol–water partition coefficient (Wildman–Crippen LogP) is 19.8. The first-order valence-corrected chi connectivity index (χ1v) is 32.3. The molecule has 0 radical (unpaired) electrons. The Labute approximate surface area is 435 Å². The van der Waals surface area contributed by atoms with Gasteiger partial charge in [0.05, 0.1) is 0 Å². The van der Waals surface area contributed by atoms with Crippen LogP contribution in [0.2, 0.25) is 0 Å². The number of benzene rings is 1. The number of nitrogens with zero attached hydrogens (tertiary/aromatic N) is 2. The summed E-state index contributed by atoms with van der Waals surface area (Å²) in [6, 6.07) is 4.53. The van der Waals surface area contributed by atoms with E-state index in [-0.39, 0.29) is 25.8 Å². The zero-order chi connectivity index (χ0) is 48.3. The zero-order valence-corrected chi connectivity index (χ0v) is 47.7. The Balaban J connectivity index is 1.12. The summed E-state index contributed by atoms with van der Waals surface area (Å²) in [5.41, 5.74) is 4.30. The van der Waals surface area contributed by atoms with E-state index >= 15 is 0 Å². The van der Waals surface area contributed by atoms with E-state index < -0.39 is 0 Å². The molecule has 0 N–H and O–H groups in total. The van der Waals surface area contributed by atoms with Crippen LogP contribution in [0.3, 0.4) is 0 Å². The van der Waals surface area contributed by atoms with Crippen molar-refractivity contribution in [2.24, 2.45) is 10.8 Å². The van der Waals surface area contributed by atoms with E-state index in [1.54, 1.807) is 22.7 Å². The SMILES string of the molecule is CCCCCCCCCCC1(CCCCCCCCCC)COc2csc(-c3ccc(-c4scc5c4OCC(CCCCCCCCCC)(CCCCCCCCCC)CO5)c4n[se]nc34)c2OC1. The molecule has 6 nitrogen and oxygen atoms in total. The Kier molecular flexibility index (Phi) is 26.2. The van der Waals surface area contributed by atoms with Gasteiger partial charge in [0.25, 0.3) is 0 Å². The first-order chi connectivity index (χ1) is 34.1. The summed E-state index contributed by atoms with van der Waals surface area (Å²) in [7, 11) is 0. The fourth-order valence-corrected chi connectivity index (χ4v) is 14.2. The van der Waals surface area contributed by atoms with Crippen LogP contribution >= 0.6 is 22.7 Å². The van der Waals surface area contributed by atoms with E-state index in [0.29, 0.717) is 0 Å². The summed E-state index contributed by atoms with van der Waals surface area (Å²) in [6.45, 7) is 12.2. The molecule has 9 heteroatoms. The number of rotatable bonds is 38. The third kappa shape index (κ3) is 17.8. The first-order valence-electron chi connectivity index (χ1n) is 29.1. The Morgan fingerprint density at radius 3 is 0.971 bits per heavy atom. The number of ether oxygens (including phenoxy) is 4. The summed E-state index contributed by atoms with van der Waals surface area (Å²) < 4.78 is 37.9. The van der Waals surface area contributed by atoms with Crippen LogP contribution in [0.5, 0.6) is 23.0 Å². The van der Waals surface area contributed by atoms with Crippen LogP contribution in [-0.4, -0.2) is 49.3 Å². The summed E-state index contributed by atoms with van der Waals surface area (Å²) >= 11 is 3.25. The Morgan fingerprint density at radius 2 is 0.667 bits per heavy atom. The second kappa shape index (κ2) is 32.2. The van der Waals surface area contributed by atoms with Crippen LogP contribution in [0.25, 0.3) is 31.9 Å². The minimum absolute atomic E-state index is 0.0470. The Morgan fingerprint density at radius 1 is 0.391 bits per heavy atom. The average Bonchev–Trinajstić information content (AvgIpc) is 4.08. The van der Waals surface area contributed by atoms with Gasteiger partial charge in [-0.3, -0.25) is 0 Å². The van der Waals surface area contributed by atoms with Crippen LogP contribution < -0.4 is 18.9 Å². The van der Waals surface area contributed by atoms with Gasteiger partial charge in [0.2, 0.25) is 0 Å². The second-order valence-electron chi connectivity index (χ2n) is 21.7. The van der Waals surface area contributed by atoms with E-state index in [2.05, 4.69) is 50.6 Å². The molecular weight excluding hydrogens is 956 g/mol. The molecule has 0 saturated heterocycles. The number of unbranched alkanes of at least 4 members (excludes halogenated alkanes) is 28. The molecule has 2 aliphatic heterocycles. The average molecular weight is 1050 g/mol. The van der Waals surface area contributed by atoms with E-state index in [0.717, 1.165) is 81.3 Å². The molecule has 0 atom stereocenters. The van der Waals surface area contributed by atoms with Crippen molar-refractivity contribution in [3.63, 3.8) is 0 Å².